The first-order valence-electron chi connectivity index (χ1n) is 10.3. The number of methoxy groups -OCH3 is 1. The predicted octanol–water partition coefficient (Wildman–Crippen LogP) is 2.89. The van der Waals surface area contributed by atoms with Gasteiger partial charge in [0.15, 0.2) is 0 Å². The number of hydrogen-bond acceptors (Lipinski definition) is 5. The SMILES string of the molecule is COCc1cc(-c2ccc(F)c(C)c2)nn1CC(=O)N1CCN(c2ccccn2)CC1. The van der Waals surface area contributed by atoms with Crippen molar-refractivity contribution in [2.45, 2.75) is 20.1 Å². The van der Waals surface area contributed by atoms with Crippen LogP contribution in [-0.2, 0) is 22.7 Å². The molecule has 1 aromatic carbocycles. The van der Waals surface area contributed by atoms with Gasteiger partial charge in [-0.05, 0) is 48.9 Å². The molecule has 1 fully saturated rings. The highest BCUT2D eigenvalue weighted by molar-refractivity contribution is 5.76. The molecule has 3 aromatic rings. The van der Waals surface area contributed by atoms with Gasteiger partial charge in [0.1, 0.15) is 18.2 Å². The Morgan fingerprint density at radius 2 is 1.94 bits per heavy atom. The molecule has 4 rings (SSSR count). The van der Waals surface area contributed by atoms with Gasteiger partial charge in [-0.15, -0.1) is 0 Å². The van der Waals surface area contributed by atoms with Crippen LogP contribution in [0, 0.1) is 12.7 Å². The van der Waals surface area contributed by atoms with Gasteiger partial charge in [-0.25, -0.2) is 9.37 Å². The molecule has 31 heavy (non-hydrogen) atoms. The van der Waals surface area contributed by atoms with E-state index in [0.717, 1.165) is 30.2 Å². The number of amides is 1. The normalized spacial score (nSPS) is 14.2. The fourth-order valence-electron chi connectivity index (χ4n) is 3.76. The molecule has 0 atom stereocenters. The van der Waals surface area contributed by atoms with Crippen molar-refractivity contribution < 1.29 is 13.9 Å². The number of piperazine rings is 1. The minimum absolute atomic E-state index is 0.0166. The highest BCUT2D eigenvalue weighted by atomic mass is 19.1. The molecular weight excluding hydrogens is 397 g/mol. The van der Waals surface area contributed by atoms with E-state index >= 15 is 0 Å². The Hall–Kier alpha value is -3.26. The molecule has 2 aromatic heterocycles. The second-order valence-corrected chi connectivity index (χ2v) is 7.63. The largest absolute Gasteiger partial charge is 0.378 e. The number of pyridine rings is 1. The zero-order valence-electron chi connectivity index (χ0n) is 17.8. The van der Waals surface area contributed by atoms with Gasteiger partial charge in [0, 0.05) is 45.0 Å². The van der Waals surface area contributed by atoms with E-state index in [2.05, 4.69) is 15.0 Å². The van der Waals surface area contributed by atoms with Crippen LogP contribution in [0.25, 0.3) is 11.3 Å². The summed E-state index contributed by atoms with van der Waals surface area (Å²) >= 11 is 0. The maximum Gasteiger partial charge on any atom is 0.244 e. The Kier molecular flexibility index (Phi) is 6.27. The second kappa shape index (κ2) is 9.26. The number of hydrogen-bond donors (Lipinski definition) is 0. The molecule has 0 radical (unpaired) electrons. The summed E-state index contributed by atoms with van der Waals surface area (Å²) in [5.41, 5.74) is 2.87. The molecule has 0 spiro atoms. The molecule has 162 valence electrons. The zero-order chi connectivity index (χ0) is 21.8. The number of benzene rings is 1. The van der Waals surface area contributed by atoms with Crippen molar-refractivity contribution >= 4 is 11.7 Å². The Balaban J connectivity index is 1.45. The smallest absolute Gasteiger partial charge is 0.244 e. The van der Waals surface area contributed by atoms with E-state index in [1.165, 1.54) is 6.07 Å². The number of rotatable bonds is 6. The van der Waals surface area contributed by atoms with Crippen LogP contribution in [-0.4, -0.2) is 58.9 Å². The standard InChI is InChI=1S/C23H26FN5O2/c1-17-13-18(6-7-20(17)24)21-14-19(16-31-2)29(26-21)15-23(30)28-11-9-27(10-12-28)22-5-3-4-8-25-22/h3-8,13-14H,9-12,15-16H2,1-2H3. The van der Waals surface area contributed by atoms with Crippen LogP contribution < -0.4 is 4.90 Å². The molecule has 0 aliphatic carbocycles. The molecule has 0 unspecified atom stereocenters. The lowest BCUT2D eigenvalue weighted by Crippen LogP contribution is -2.50. The predicted molar refractivity (Wildman–Crippen MR) is 116 cm³/mol. The lowest BCUT2D eigenvalue weighted by atomic mass is 10.1. The van der Waals surface area contributed by atoms with E-state index in [-0.39, 0.29) is 18.3 Å². The Bertz CT molecular complexity index is 1050. The first kappa shape index (κ1) is 21.0. The Morgan fingerprint density at radius 3 is 2.61 bits per heavy atom. The van der Waals surface area contributed by atoms with E-state index in [4.69, 9.17) is 4.74 Å². The fourth-order valence-corrected chi connectivity index (χ4v) is 3.76. The van der Waals surface area contributed by atoms with Crippen LogP contribution in [0.3, 0.4) is 0 Å². The number of carbonyl (C=O) groups excluding carboxylic acids is 1. The van der Waals surface area contributed by atoms with Crippen molar-refractivity contribution in [2.75, 3.05) is 38.2 Å². The minimum Gasteiger partial charge on any atom is -0.378 e. The molecule has 0 bridgehead atoms. The summed E-state index contributed by atoms with van der Waals surface area (Å²) in [4.78, 5) is 21.4. The maximum atomic E-state index is 13.6. The van der Waals surface area contributed by atoms with Crippen molar-refractivity contribution in [2.24, 2.45) is 0 Å². The Labute approximate surface area is 181 Å². The summed E-state index contributed by atoms with van der Waals surface area (Å²) in [5.74, 6) is 0.701. The number of carbonyl (C=O) groups is 1. The zero-order valence-corrected chi connectivity index (χ0v) is 17.8. The first-order chi connectivity index (χ1) is 15.0. The Morgan fingerprint density at radius 1 is 1.13 bits per heavy atom. The van der Waals surface area contributed by atoms with Gasteiger partial charge < -0.3 is 14.5 Å². The van der Waals surface area contributed by atoms with Crippen LogP contribution in [0.15, 0.2) is 48.7 Å². The number of ether oxygens (including phenoxy) is 1. The van der Waals surface area contributed by atoms with Crippen LogP contribution >= 0.6 is 0 Å². The second-order valence-electron chi connectivity index (χ2n) is 7.63. The molecule has 0 saturated carbocycles. The van der Waals surface area contributed by atoms with Crippen LogP contribution in [0.2, 0.25) is 0 Å². The van der Waals surface area contributed by atoms with Crippen LogP contribution in [0.5, 0.6) is 0 Å². The number of nitrogens with zero attached hydrogens (tertiary/aromatic N) is 5. The average molecular weight is 423 g/mol. The number of anilines is 1. The molecular formula is C23H26FN5O2. The first-order valence-corrected chi connectivity index (χ1v) is 10.3. The van der Waals surface area contributed by atoms with Crippen LogP contribution in [0.4, 0.5) is 10.2 Å². The van der Waals surface area contributed by atoms with Crippen molar-refractivity contribution in [3.05, 3.63) is 65.7 Å². The van der Waals surface area contributed by atoms with Gasteiger partial charge in [-0.2, -0.15) is 5.10 Å². The lowest BCUT2D eigenvalue weighted by molar-refractivity contribution is -0.132. The third-order valence-electron chi connectivity index (χ3n) is 5.50. The van der Waals surface area contributed by atoms with Gasteiger partial charge in [-0.1, -0.05) is 6.07 Å². The third-order valence-corrected chi connectivity index (χ3v) is 5.50. The topological polar surface area (TPSA) is 63.5 Å². The quantitative estimate of drug-likeness (QED) is 0.610. The van der Waals surface area contributed by atoms with Crippen molar-refractivity contribution in [1.82, 2.24) is 19.7 Å². The van der Waals surface area contributed by atoms with E-state index in [9.17, 15) is 9.18 Å². The van der Waals surface area contributed by atoms with E-state index < -0.39 is 0 Å². The van der Waals surface area contributed by atoms with Gasteiger partial charge in [0.25, 0.3) is 0 Å². The fraction of sp³-hybridized carbons (Fsp3) is 0.348. The van der Waals surface area contributed by atoms with Gasteiger partial charge in [0.05, 0.1) is 18.0 Å². The van der Waals surface area contributed by atoms with Gasteiger partial charge in [0.2, 0.25) is 5.91 Å². The highest BCUT2D eigenvalue weighted by Gasteiger charge is 2.23. The van der Waals surface area contributed by atoms with E-state index in [0.29, 0.717) is 31.0 Å². The molecule has 1 amide bonds. The maximum absolute atomic E-state index is 13.6. The van der Waals surface area contributed by atoms with Crippen molar-refractivity contribution in [3.8, 4) is 11.3 Å². The van der Waals surface area contributed by atoms with Gasteiger partial charge in [-0.3, -0.25) is 9.48 Å². The minimum atomic E-state index is -0.250. The number of aromatic nitrogens is 3. The molecule has 7 nitrogen and oxygen atoms in total. The average Bonchev–Trinajstić information content (AvgIpc) is 3.19. The molecule has 1 aliphatic heterocycles. The van der Waals surface area contributed by atoms with E-state index in [1.54, 1.807) is 37.0 Å². The summed E-state index contributed by atoms with van der Waals surface area (Å²) < 4.78 is 20.6. The summed E-state index contributed by atoms with van der Waals surface area (Å²) in [7, 11) is 1.61. The molecule has 0 N–H and O–H groups in total. The molecule has 1 aliphatic rings. The van der Waals surface area contributed by atoms with Gasteiger partial charge >= 0.3 is 0 Å². The van der Waals surface area contributed by atoms with Crippen molar-refractivity contribution in [3.63, 3.8) is 0 Å². The number of aryl methyl sites for hydroxylation is 1. The molecule has 1 saturated heterocycles. The summed E-state index contributed by atoms with van der Waals surface area (Å²) in [5, 5.41) is 4.61. The van der Waals surface area contributed by atoms with E-state index in [1.807, 2.05) is 29.2 Å². The molecule has 3 heterocycles. The monoisotopic (exact) mass is 423 g/mol. The summed E-state index contributed by atoms with van der Waals surface area (Å²) in [6.45, 7) is 4.97. The third kappa shape index (κ3) is 4.74. The highest BCUT2D eigenvalue weighted by Crippen LogP contribution is 2.22. The number of halogens is 1. The molecule has 8 heteroatoms. The summed E-state index contributed by atoms with van der Waals surface area (Å²) in [6, 6.07) is 12.6. The lowest BCUT2D eigenvalue weighted by Gasteiger charge is -2.35. The van der Waals surface area contributed by atoms with Crippen molar-refractivity contribution in [1.29, 1.82) is 0 Å². The van der Waals surface area contributed by atoms with Crippen LogP contribution in [0.1, 0.15) is 11.3 Å². The summed E-state index contributed by atoms with van der Waals surface area (Å²) in [6.07, 6.45) is 1.78.